The third kappa shape index (κ3) is 4.78. The maximum absolute atomic E-state index is 5.60. The van der Waals surface area contributed by atoms with Crippen LogP contribution in [0.4, 0.5) is 0 Å². The predicted octanol–water partition coefficient (Wildman–Crippen LogP) is 3.72. The molecule has 0 atom stereocenters. The van der Waals surface area contributed by atoms with Gasteiger partial charge in [-0.15, -0.1) is 0 Å². The van der Waals surface area contributed by atoms with E-state index in [1.807, 2.05) is 0 Å². The minimum Gasteiger partial charge on any atom is -0.468 e. The fraction of sp³-hybridized carbons (Fsp3) is 0.500. The highest BCUT2D eigenvalue weighted by Gasteiger charge is 2.09. The van der Waals surface area contributed by atoms with Gasteiger partial charge in [0.2, 0.25) is 0 Å². The van der Waals surface area contributed by atoms with Crippen LogP contribution in [-0.2, 0) is 19.6 Å². The second kappa shape index (κ2) is 7.62. The van der Waals surface area contributed by atoms with Gasteiger partial charge in [0.1, 0.15) is 5.76 Å². The second-order valence-electron chi connectivity index (χ2n) is 5.70. The Morgan fingerprint density at radius 2 is 2.15 bits per heavy atom. The standard InChI is InChI=1S/C16H24N2OS/c1-13(2)8-17-9-16-15(4-6-19-16)11-18(3)10-14-5-7-20-12-14/h4-7,12-13,17H,8-11H2,1-3H3. The molecule has 0 amide bonds. The van der Waals surface area contributed by atoms with Gasteiger partial charge >= 0.3 is 0 Å². The first kappa shape index (κ1) is 15.3. The number of thiophene rings is 1. The van der Waals surface area contributed by atoms with Gasteiger partial charge in [-0.2, -0.15) is 11.3 Å². The number of rotatable bonds is 8. The Bertz CT molecular complexity index is 490. The van der Waals surface area contributed by atoms with Gasteiger partial charge in [0.25, 0.3) is 0 Å². The third-order valence-corrected chi connectivity index (χ3v) is 3.88. The Morgan fingerprint density at radius 3 is 2.85 bits per heavy atom. The molecule has 110 valence electrons. The molecule has 0 saturated carbocycles. The van der Waals surface area contributed by atoms with Crippen molar-refractivity contribution in [3.8, 4) is 0 Å². The first-order valence-corrected chi connectivity index (χ1v) is 8.05. The smallest absolute Gasteiger partial charge is 0.122 e. The Hall–Kier alpha value is -1.10. The van der Waals surface area contributed by atoms with Gasteiger partial charge in [-0.25, -0.2) is 0 Å². The molecule has 2 aromatic heterocycles. The van der Waals surface area contributed by atoms with Crippen molar-refractivity contribution in [1.82, 2.24) is 10.2 Å². The molecule has 20 heavy (non-hydrogen) atoms. The SMILES string of the molecule is CC(C)CNCc1occc1CN(C)Cc1ccsc1. The normalized spacial score (nSPS) is 11.7. The lowest BCUT2D eigenvalue weighted by Gasteiger charge is -2.16. The molecule has 0 aliphatic rings. The molecule has 3 nitrogen and oxygen atoms in total. The molecule has 0 aliphatic heterocycles. The predicted molar refractivity (Wildman–Crippen MR) is 84.7 cm³/mol. The van der Waals surface area contributed by atoms with Crippen LogP contribution in [-0.4, -0.2) is 18.5 Å². The number of furan rings is 1. The molecule has 0 spiro atoms. The largest absolute Gasteiger partial charge is 0.468 e. The van der Waals surface area contributed by atoms with Crippen LogP contribution in [0.15, 0.2) is 33.6 Å². The molecule has 1 N–H and O–H groups in total. The Balaban J connectivity index is 1.84. The summed E-state index contributed by atoms with van der Waals surface area (Å²) in [5, 5.41) is 7.77. The van der Waals surface area contributed by atoms with Crippen LogP contribution in [0.25, 0.3) is 0 Å². The van der Waals surface area contributed by atoms with Crippen molar-refractivity contribution >= 4 is 11.3 Å². The summed E-state index contributed by atoms with van der Waals surface area (Å²) in [5.41, 5.74) is 2.65. The Morgan fingerprint density at radius 1 is 1.30 bits per heavy atom. The maximum atomic E-state index is 5.60. The van der Waals surface area contributed by atoms with Crippen LogP contribution in [0.2, 0.25) is 0 Å². The zero-order valence-corrected chi connectivity index (χ0v) is 13.4. The van der Waals surface area contributed by atoms with Gasteiger partial charge in [-0.3, -0.25) is 4.90 Å². The van der Waals surface area contributed by atoms with E-state index in [1.54, 1.807) is 17.6 Å². The lowest BCUT2D eigenvalue weighted by atomic mass is 10.2. The van der Waals surface area contributed by atoms with E-state index >= 15 is 0 Å². The van der Waals surface area contributed by atoms with E-state index in [0.717, 1.165) is 31.9 Å². The van der Waals surface area contributed by atoms with E-state index in [1.165, 1.54) is 11.1 Å². The van der Waals surface area contributed by atoms with Crippen molar-refractivity contribution in [2.75, 3.05) is 13.6 Å². The minimum atomic E-state index is 0.662. The molecule has 4 heteroatoms. The molecule has 0 unspecified atom stereocenters. The Labute approximate surface area is 125 Å². The molecule has 0 bridgehead atoms. The summed E-state index contributed by atoms with van der Waals surface area (Å²) in [6, 6.07) is 4.26. The summed E-state index contributed by atoms with van der Waals surface area (Å²) in [6.07, 6.45) is 1.79. The zero-order chi connectivity index (χ0) is 14.4. The highest BCUT2D eigenvalue weighted by Crippen LogP contribution is 2.15. The molecule has 0 aliphatic carbocycles. The molecule has 0 radical (unpaired) electrons. The van der Waals surface area contributed by atoms with Gasteiger partial charge in [0, 0.05) is 18.7 Å². The molecule has 0 fully saturated rings. The Kier molecular flexibility index (Phi) is 5.83. The summed E-state index contributed by atoms with van der Waals surface area (Å²) in [7, 11) is 2.15. The highest BCUT2D eigenvalue weighted by molar-refractivity contribution is 7.07. The van der Waals surface area contributed by atoms with E-state index in [2.05, 4.69) is 54.0 Å². The number of hydrogen-bond acceptors (Lipinski definition) is 4. The molecular weight excluding hydrogens is 268 g/mol. The van der Waals surface area contributed by atoms with Gasteiger partial charge in [0.15, 0.2) is 0 Å². The molecular formula is C16H24N2OS. The summed E-state index contributed by atoms with van der Waals surface area (Å²) in [4.78, 5) is 2.32. The van der Waals surface area contributed by atoms with Gasteiger partial charge in [0.05, 0.1) is 12.8 Å². The average molecular weight is 292 g/mol. The maximum Gasteiger partial charge on any atom is 0.122 e. The van der Waals surface area contributed by atoms with Crippen molar-refractivity contribution in [2.24, 2.45) is 5.92 Å². The van der Waals surface area contributed by atoms with Crippen molar-refractivity contribution < 1.29 is 4.42 Å². The van der Waals surface area contributed by atoms with Crippen LogP contribution >= 0.6 is 11.3 Å². The van der Waals surface area contributed by atoms with Crippen molar-refractivity contribution in [2.45, 2.75) is 33.5 Å². The van der Waals surface area contributed by atoms with E-state index in [9.17, 15) is 0 Å². The van der Waals surface area contributed by atoms with Crippen molar-refractivity contribution in [1.29, 1.82) is 0 Å². The number of nitrogens with one attached hydrogen (secondary N) is 1. The molecule has 2 heterocycles. The van der Waals surface area contributed by atoms with Crippen LogP contribution in [0.3, 0.4) is 0 Å². The van der Waals surface area contributed by atoms with Crippen LogP contribution in [0.1, 0.15) is 30.7 Å². The lowest BCUT2D eigenvalue weighted by Crippen LogP contribution is -2.21. The highest BCUT2D eigenvalue weighted by atomic mass is 32.1. The topological polar surface area (TPSA) is 28.4 Å². The van der Waals surface area contributed by atoms with Crippen LogP contribution in [0.5, 0.6) is 0 Å². The number of hydrogen-bond donors (Lipinski definition) is 1. The first-order valence-electron chi connectivity index (χ1n) is 7.10. The van der Waals surface area contributed by atoms with Crippen LogP contribution in [0, 0.1) is 5.92 Å². The van der Waals surface area contributed by atoms with E-state index in [0.29, 0.717) is 5.92 Å². The van der Waals surface area contributed by atoms with Gasteiger partial charge in [-0.1, -0.05) is 13.8 Å². The van der Waals surface area contributed by atoms with E-state index < -0.39 is 0 Å². The summed E-state index contributed by atoms with van der Waals surface area (Å²) < 4.78 is 5.60. The first-order chi connectivity index (χ1) is 9.65. The van der Waals surface area contributed by atoms with Crippen molar-refractivity contribution in [3.63, 3.8) is 0 Å². The molecule has 0 saturated heterocycles. The molecule has 0 aromatic carbocycles. The fourth-order valence-electron chi connectivity index (χ4n) is 2.18. The quantitative estimate of drug-likeness (QED) is 0.804. The second-order valence-corrected chi connectivity index (χ2v) is 6.48. The monoisotopic (exact) mass is 292 g/mol. The minimum absolute atomic E-state index is 0.662. The summed E-state index contributed by atoms with van der Waals surface area (Å²) >= 11 is 1.75. The third-order valence-electron chi connectivity index (χ3n) is 3.15. The lowest BCUT2D eigenvalue weighted by molar-refractivity contribution is 0.315. The fourth-order valence-corrected chi connectivity index (χ4v) is 2.84. The van der Waals surface area contributed by atoms with E-state index in [4.69, 9.17) is 4.42 Å². The number of nitrogens with zero attached hydrogens (tertiary/aromatic N) is 1. The van der Waals surface area contributed by atoms with E-state index in [-0.39, 0.29) is 0 Å². The van der Waals surface area contributed by atoms with Crippen molar-refractivity contribution in [3.05, 3.63) is 46.0 Å². The average Bonchev–Trinajstić information content (AvgIpc) is 3.01. The molecule has 2 rings (SSSR count). The molecule has 2 aromatic rings. The van der Waals surface area contributed by atoms with Gasteiger partial charge < -0.3 is 9.73 Å². The summed E-state index contributed by atoms with van der Waals surface area (Å²) in [5.74, 6) is 1.72. The zero-order valence-electron chi connectivity index (χ0n) is 12.6. The van der Waals surface area contributed by atoms with Gasteiger partial charge in [-0.05, 0) is 48.0 Å². The van der Waals surface area contributed by atoms with Crippen LogP contribution < -0.4 is 5.32 Å². The summed E-state index contributed by atoms with van der Waals surface area (Å²) in [6.45, 7) is 8.16.